The Morgan fingerprint density at radius 3 is 2.53 bits per heavy atom. The van der Waals surface area contributed by atoms with Gasteiger partial charge in [-0.25, -0.2) is 9.07 Å². The Balaban J connectivity index is 2.54. The topological polar surface area (TPSA) is 17.8 Å². The summed E-state index contributed by atoms with van der Waals surface area (Å²) in [5, 5.41) is 4.40. The summed E-state index contributed by atoms with van der Waals surface area (Å²) >= 11 is 5.71. The van der Waals surface area contributed by atoms with E-state index in [1.807, 2.05) is 19.9 Å². The molecule has 1 heterocycles. The summed E-state index contributed by atoms with van der Waals surface area (Å²) in [6.45, 7) is 3.85. The maximum Gasteiger partial charge on any atom is 0.141 e. The Bertz CT molecular complexity index is 505. The van der Waals surface area contributed by atoms with Crippen molar-refractivity contribution < 1.29 is 4.39 Å². The number of hydrogen-bond acceptors (Lipinski definition) is 1. The molecule has 0 spiro atoms. The molecule has 1 aromatic heterocycles. The van der Waals surface area contributed by atoms with Crippen LogP contribution in [0, 0.1) is 19.7 Å². The molecular weight excluding hydrogens is 215 g/mol. The minimum atomic E-state index is -0.415. The van der Waals surface area contributed by atoms with Gasteiger partial charge in [0.15, 0.2) is 0 Å². The van der Waals surface area contributed by atoms with E-state index in [9.17, 15) is 4.39 Å². The van der Waals surface area contributed by atoms with E-state index >= 15 is 0 Å². The van der Waals surface area contributed by atoms with Crippen molar-refractivity contribution in [2.24, 2.45) is 0 Å². The van der Waals surface area contributed by atoms with Crippen molar-refractivity contribution >= 4 is 11.6 Å². The van der Waals surface area contributed by atoms with Crippen LogP contribution < -0.4 is 0 Å². The summed E-state index contributed by atoms with van der Waals surface area (Å²) in [5.74, 6) is -0.415. The van der Waals surface area contributed by atoms with Gasteiger partial charge in [0.2, 0.25) is 0 Å². The van der Waals surface area contributed by atoms with E-state index in [2.05, 4.69) is 5.10 Å². The molecule has 0 aliphatic rings. The van der Waals surface area contributed by atoms with E-state index in [0.717, 1.165) is 17.1 Å². The van der Waals surface area contributed by atoms with E-state index in [4.69, 9.17) is 11.6 Å². The van der Waals surface area contributed by atoms with Crippen molar-refractivity contribution in [1.29, 1.82) is 0 Å². The van der Waals surface area contributed by atoms with Crippen molar-refractivity contribution in [3.8, 4) is 5.69 Å². The number of benzene rings is 1. The predicted octanol–water partition coefficient (Wildman–Crippen LogP) is 3.28. The number of halogens is 2. The second-order valence-corrected chi connectivity index (χ2v) is 3.84. The minimum absolute atomic E-state index is 0.111. The lowest BCUT2D eigenvalue weighted by atomic mass is 10.3. The fraction of sp³-hybridized carbons (Fsp3) is 0.182. The average Bonchev–Trinajstić information content (AvgIpc) is 2.50. The van der Waals surface area contributed by atoms with Crippen LogP contribution in [-0.2, 0) is 0 Å². The first-order valence-electron chi connectivity index (χ1n) is 4.56. The molecular formula is C11H10ClFN2. The third kappa shape index (κ3) is 1.88. The van der Waals surface area contributed by atoms with Gasteiger partial charge in [-0.15, -0.1) is 0 Å². The molecule has 4 heteroatoms. The largest absolute Gasteiger partial charge is 0.238 e. The van der Waals surface area contributed by atoms with Crippen molar-refractivity contribution in [1.82, 2.24) is 9.78 Å². The fourth-order valence-corrected chi connectivity index (χ4v) is 1.68. The molecule has 2 aromatic rings. The maximum atomic E-state index is 13.0. The van der Waals surface area contributed by atoms with Crippen molar-refractivity contribution in [2.75, 3.05) is 0 Å². The zero-order chi connectivity index (χ0) is 11.0. The molecule has 0 saturated heterocycles. The molecule has 0 fully saturated rings. The van der Waals surface area contributed by atoms with Crippen LogP contribution in [0.25, 0.3) is 5.69 Å². The highest BCUT2D eigenvalue weighted by atomic mass is 35.5. The van der Waals surface area contributed by atoms with Gasteiger partial charge in [-0.3, -0.25) is 0 Å². The Hall–Kier alpha value is -1.35. The standard InChI is InChI=1S/C11H10ClFN2/c1-7-5-8(2)15(14-7)9-3-4-11(13)10(12)6-9/h3-6H,1-2H3. The molecule has 2 rings (SSSR count). The zero-order valence-electron chi connectivity index (χ0n) is 8.46. The van der Waals surface area contributed by atoms with Gasteiger partial charge in [0.05, 0.1) is 16.4 Å². The molecule has 78 valence electrons. The number of hydrogen-bond donors (Lipinski definition) is 0. The quantitative estimate of drug-likeness (QED) is 0.727. The lowest BCUT2D eigenvalue weighted by Crippen LogP contribution is -1.99. The Kier molecular flexibility index (Phi) is 2.49. The molecule has 0 aliphatic heterocycles. The molecule has 0 atom stereocenters. The Labute approximate surface area is 92.3 Å². The highest BCUT2D eigenvalue weighted by molar-refractivity contribution is 6.30. The van der Waals surface area contributed by atoms with Crippen LogP contribution in [0.2, 0.25) is 5.02 Å². The van der Waals surface area contributed by atoms with Crippen molar-refractivity contribution in [2.45, 2.75) is 13.8 Å². The van der Waals surface area contributed by atoms with Crippen LogP contribution in [0.15, 0.2) is 24.3 Å². The summed E-state index contributed by atoms with van der Waals surface area (Å²) < 4.78 is 14.7. The summed E-state index contributed by atoms with van der Waals surface area (Å²) in [7, 11) is 0. The SMILES string of the molecule is Cc1cc(C)n(-c2ccc(F)c(Cl)c2)n1. The van der Waals surface area contributed by atoms with E-state index < -0.39 is 5.82 Å². The van der Waals surface area contributed by atoms with Crippen LogP contribution in [0.3, 0.4) is 0 Å². The van der Waals surface area contributed by atoms with Crippen LogP contribution in [0.1, 0.15) is 11.4 Å². The molecule has 0 unspecified atom stereocenters. The number of rotatable bonds is 1. The summed E-state index contributed by atoms with van der Waals surface area (Å²) in [6, 6.07) is 6.52. The average molecular weight is 225 g/mol. The van der Waals surface area contributed by atoms with Crippen LogP contribution in [0.4, 0.5) is 4.39 Å². The third-order valence-electron chi connectivity index (χ3n) is 2.16. The molecule has 2 nitrogen and oxygen atoms in total. The Morgan fingerprint density at radius 1 is 1.27 bits per heavy atom. The predicted molar refractivity (Wildman–Crippen MR) is 58.0 cm³/mol. The Morgan fingerprint density at radius 2 is 2.00 bits per heavy atom. The van der Waals surface area contributed by atoms with Gasteiger partial charge < -0.3 is 0 Å². The van der Waals surface area contributed by atoms with E-state index in [1.54, 1.807) is 16.8 Å². The van der Waals surface area contributed by atoms with Gasteiger partial charge >= 0.3 is 0 Å². The van der Waals surface area contributed by atoms with Gasteiger partial charge in [0, 0.05) is 5.69 Å². The van der Waals surface area contributed by atoms with Gasteiger partial charge in [0.25, 0.3) is 0 Å². The molecule has 0 radical (unpaired) electrons. The first-order valence-corrected chi connectivity index (χ1v) is 4.94. The smallest absolute Gasteiger partial charge is 0.141 e. The summed E-state index contributed by atoms with van der Waals surface area (Å²) in [5.41, 5.74) is 2.69. The van der Waals surface area contributed by atoms with Crippen molar-refractivity contribution in [3.63, 3.8) is 0 Å². The monoisotopic (exact) mass is 224 g/mol. The molecule has 0 aliphatic carbocycles. The summed E-state index contributed by atoms with van der Waals surface area (Å²) in [6.07, 6.45) is 0. The molecule has 0 saturated carbocycles. The zero-order valence-corrected chi connectivity index (χ0v) is 9.22. The first kappa shape index (κ1) is 10.2. The van der Waals surface area contributed by atoms with E-state index in [-0.39, 0.29) is 5.02 Å². The molecule has 15 heavy (non-hydrogen) atoms. The molecule has 0 N–H and O–H groups in total. The maximum absolute atomic E-state index is 13.0. The molecule has 0 amide bonds. The van der Waals surface area contributed by atoms with Crippen LogP contribution in [-0.4, -0.2) is 9.78 Å². The van der Waals surface area contributed by atoms with Gasteiger partial charge in [-0.1, -0.05) is 11.6 Å². The lowest BCUT2D eigenvalue weighted by molar-refractivity contribution is 0.627. The van der Waals surface area contributed by atoms with Crippen LogP contribution >= 0.6 is 11.6 Å². The summed E-state index contributed by atoms with van der Waals surface area (Å²) in [4.78, 5) is 0. The van der Waals surface area contributed by atoms with Gasteiger partial charge in [-0.05, 0) is 38.1 Å². The molecule has 0 bridgehead atoms. The second-order valence-electron chi connectivity index (χ2n) is 3.44. The lowest BCUT2D eigenvalue weighted by Gasteiger charge is -2.04. The van der Waals surface area contributed by atoms with Gasteiger partial charge in [-0.2, -0.15) is 5.10 Å². The number of nitrogens with zero attached hydrogens (tertiary/aromatic N) is 2. The van der Waals surface area contributed by atoms with Crippen molar-refractivity contribution in [3.05, 3.63) is 46.5 Å². The number of aromatic nitrogens is 2. The highest BCUT2D eigenvalue weighted by Crippen LogP contribution is 2.19. The highest BCUT2D eigenvalue weighted by Gasteiger charge is 2.06. The fourth-order valence-electron chi connectivity index (χ4n) is 1.51. The van der Waals surface area contributed by atoms with Gasteiger partial charge in [0.1, 0.15) is 5.82 Å². The molecule has 1 aromatic carbocycles. The minimum Gasteiger partial charge on any atom is -0.238 e. The number of aryl methyl sites for hydroxylation is 2. The second kappa shape index (κ2) is 3.66. The van der Waals surface area contributed by atoms with Crippen LogP contribution in [0.5, 0.6) is 0 Å². The third-order valence-corrected chi connectivity index (χ3v) is 2.45. The van der Waals surface area contributed by atoms with E-state index in [1.165, 1.54) is 6.07 Å². The first-order chi connectivity index (χ1) is 7.08. The van der Waals surface area contributed by atoms with E-state index in [0.29, 0.717) is 0 Å². The normalized spacial score (nSPS) is 10.7.